The Balaban J connectivity index is 2.22. The summed E-state index contributed by atoms with van der Waals surface area (Å²) in [5.41, 5.74) is 1.15. The maximum absolute atomic E-state index is 11.4. The van der Waals surface area contributed by atoms with Gasteiger partial charge in [-0.3, -0.25) is 4.21 Å². The van der Waals surface area contributed by atoms with E-state index < -0.39 is 10.8 Å². The fourth-order valence-electron chi connectivity index (χ4n) is 1.29. The van der Waals surface area contributed by atoms with E-state index in [4.69, 9.17) is 9.84 Å². The number of rotatable bonds is 7. The van der Waals surface area contributed by atoms with Crippen LogP contribution >= 0.6 is 0 Å². The van der Waals surface area contributed by atoms with Crippen LogP contribution in [0.2, 0.25) is 0 Å². The average Bonchev–Trinajstić information content (AvgIpc) is 2.26. The molecule has 0 amide bonds. The first-order valence-electron chi connectivity index (χ1n) is 5.37. The van der Waals surface area contributed by atoms with Gasteiger partial charge in [0, 0.05) is 23.2 Å². The van der Waals surface area contributed by atoms with Crippen molar-refractivity contribution in [2.45, 2.75) is 13.3 Å². The van der Waals surface area contributed by atoms with Crippen LogP contribution in [0.3, 0.4) is 0 Å². The summed E-state index contributed by atoms with van der Waals surface area (Å²) in [6, 6.07) is 7.79. The predicted molar refractivity (Wildman–Crippen MR) is 66.3 cm³/mol. The van der Waals surface area contributed by atoms with Crippen LogP contribution < -0.4 is 4.74 Å². The van der Waals surface area contributed by atoms with Crippen molar-refractivity contribution in [1.29, 1.82) is 0 Å². The monoisotopic (exact) mass is 242 g/mol. The van der Waals surface area contributed by atoms with Gasteiger partial charge in [0.1, 0.15) is 5.75 Å². The van der Waals surface area contributed by atoms with E-state index in [1.54, 1.807) is 0 Å². The molecule has 4 heteroatoms. The lowest BCUT2D eigenvalue weighted by atomic mass is 10.2. The first-order chi connectivity index (χ1) is 7.72. The highest BCUT2D eigenvalue weighted by Gasteiger charge is 2.00. The van der Waals surface area contributed by atoms with Crippen molar-refractivity contribution in [1.82, 2.24) is 0 Å². The number of aryl methyl sites for hydroxylation is 1. The molecule has 1 rings (SSSR count). The number of aliphatic hydroxyl groups is 1. The van der Waals surface area contributed by atoms with Crippen LogP contribution in [0.5, 0.6) is 5.75 Å². The third-order valence-electron chi connectivity index (χ3n) is 2.10. The molecule has 0 radical (unpaired) electrons. The standard InChI is InChI=1S/C12H18O3S/c1-11-4-2-5-12(10-11)15-7-9-16(14)8-3-6-13/h2,4-5,10,13H,3,6-9H2,1H3. The highest BCUT2D eigenvalue weighted by atomic mass is 32.2. The zero-order valence-electron chi connectivity index (χ0n) is 9.52. The fourth-order valence-corrected chi connectivity index (χ4v) is 2.21. The molecule has 0 aliphatic heterocycles. The van der Waals surface area contributed by atoms with E-state index in [1.807, 2.05) is 31.2 Å². The zero-order valence-corrected chi connectivity index (χ0v) is 10.3. The van der Waals surface area contributed by atoms with Gasteiger partial charge in [-0.15, -0.1) is 0 Å². The fraction of sp³-hybridized carbons (Fsp3) is 0.500. The topological polar surface area (TPSA) is 46.5 Å². The molecule has 0 aromatic heterocycles. The van der Waals surface area contributed by atoms with Crippen molar-refractivity contribution < 1.29 is 14.1 Å². The van der Waals surface area contributed by atoms with Gasteiger partial charge in [-0.25, -0.2) is 0 Å². The summed E-state index contributed by atoms with van der Waals surface area (Å²) >= 11 is 0. The lowest BCUT2D eigenvalue weighted by Gasteiger charge is -2.06. The van der Waals surface area contributed by atoms with Crippen LogP contribution in [0.1, 0.15) is 12.0 Å². The van der Waals surface area contributed by atoms with Crippen LogP contribution in [0.15, 0.2) is 24.3 Å². The first kappa shape index (κ1) is 13.2. The summed E-state index contributed by atoms with van der Waals surface area (Å²) in [5.74, 6) is 1.89. The zero-order chi connectivity index (χ0) is 11.8. The molecule has 3 nitrogen and oxygen atoms in total. The minimum Gasteiger partial charge on any atom is -0.493 e. The first-order valence-corrected chi connectivity index (χ1v) is 6.86. The quantitative estimate of drug-likeness (QED) is 0.788. The van der Waals surface area contributed by atoms with E-state index in [9.17, 15) is 4.21 Å². The van der Waals surface area contributed by atoms with Gasteiger partial charge in [-0.1, -0.05) is 12.1 Å². The molecule has 0 fully saturated rings. The summed E-state index contributed by atoms with van der Waals surface area (Å²) in [6.07, 6.45) is 0.594. The minimum atomic E-state index is -0.884. The summed E-state index contributed by atoms with van der Waals surface area (Å²) in [7, 11) is -0.884. The average molecular weight is 242 g/mol. The van der Waals surface area contributed by atoms with Crippen molar-refractivity contribution in [3.05, 3.63) is 29.8 Å². The highest BCUT2D eigenvalue weighted by molar-refractivity contribution is 7.84. The molecule has 0 saturated heterocycles. The third kappa shape index (κ3) is 5.28. The van der Waals surface area contributed by atoms with Gasteiger partial charge < -0.3 is 9.84 Å². The number of benzene rings is 1. The van der Waals surface area contributed by atoms with Gasteiger partial charge in [0.15, 0.2) is 0 Å². The highest BCUT2D eigenvalue weighted by Crippen LogP contribution is 2.11. The number of ether oxygens (including phenoxy) is 1. The van der Waals surface area contributed by atoms with E-state index in [1.165, 1.54) is 0 Å². The maximum Gasteiger partial charge on any atom is 0.119 e. The van der Waals surface area contributed by atoms with Crippen molar-refractivity contribution >= 4 is 10.8 Å². The Kier molecular flexibility index (Phi) is 6.11. The molecule has 90 valence electrons. The van der Waals surface area contributed by atoms with Crippen LogP contribution in [0, 0.1) is 6.92 Å². The summed E-state index contributed by atoms with van der Waals surface area (Å²) in [5, 5.41) is 8.58. The number of hydrogen-bond acceptors (Lipinski definition) is 3. The van der Waals surface area contributed by atoms with Crippen LogP contribution in [-0.2, 0) is 10.8 Å². The van der Waals surface area contributed by atoms with Crippen molar-refractivity contribution in [2.24, 2.45) is 0 Å². The SMILES string of the molecule is Cc1cccc(OCCS(=O)CCCO)c1. The van der Waals surface area contributed by atoms with Gasteiger partial charge in [0.2, 0.25) is 0 Å². The molecule has 0 saturated carbocycles. The molecule has 0 bridgehead atoms. The van der Waals surface area contributed by atoms with Crippen LogP contribution in [0.4, 0.5) is 0 Å². The van der Waals surface area contributed by atoms with E-state index in [0.29, 0.717) is 24.5 Å². The molecule has 0 heterocycles. The predicted octanol–water partition coefficient (Wildman–Crippen LogP) is 1.50. The van der Waals surface area contributed by atoms with Gasteiger partial charge in [-0.2, -0.15) is 0 Å². The van der Waals surface area contributed by atoms with E-state index in [-0.39, 0.29) is 6.61 Å². The van der Waals surface area contributed by atoms with E-state index >= 15 is 0 Å². The lowest BCUT2D eigenvalue weighted by molar-refractivity contribution is 0.295. The Bertz CT molecular complexity index is 339. The van der Waals surface area contributed by atoms with Gasteiger partial charge in [0.05, 0.1) is 12.4 Å². The molecule has 1 aromatic carbocycles. The maximum atomic E-state index is 11.4. The Labute approximate surface area is 98.9 Å². The summed E-state index contributed by atoms with van der Waals surface area (Å²) in [4.78, 5) is 0. The van der Waals surface area contributed by atoms with Crippen molar-refractivity contribution in [3.8, 4) is 5.75 Å². The molecule has 1 atom stereocenters. The number of hydrogen-bond donors (Lipinski definition) is 1. The second-order valence-electron chi connectivity index (χ2n) is 3.59. The Morgan fingerprint density at radius 2 is 2.19 bits per heavy atom. The molecule has 0 aliphatic carbocycles. The number of aliphatic hydroxyl groups excluding tert-OH is 1. The second kappa shape index (κ2) is 7.41. The van der Waals surface area contributed by atoms with Gasteiger partial charge in [0.25, 0.3) is 0 Å². The Morgan fingerprint density at radius 3 is 2.88 bits per heavy atom. The minimum absolute atomic E-state index is 0.102. The van der Waals surface area contributed by atoms with Gasteiger partial charge >= 0.3 is 0 Å². The summed E-state index contributed by atoms with van der Waals surface area (Å²) in [6.45, 7) is 2.57. The molecule has 0 spiro atoms. The normalized spacial score (nSPS) is 12.4. The molecular weight excluding hydrogens is 224 g/mol. The smallest absolute Gasteiger partial charge is 0.119 e. The second-order valence-corrected chi connectivity index (χ2v) is 5.29. The summed E-state index contributed by atoms with van der Waals surface area (Å²) < 4.78 is 16.9. The molecule has 1 aromatic rings. The Hall–Kier alpha value is -0.870. The largest absolute Gasteiger partial charge is 0.493 e. The van der Waals surface area contributed by atoms with Gasteiger partial charge in [-0.05, 0) is 31.0 Å². The van der Waals surface area contributed by atoms with Crippen molar-refractivity contribution in [2.75, 3.05) is 24.7 Å². The molecule has 16 heavy (non-hydrogen) atoms. The third-order valence-corrected chi connectivity index (χ3v) is 3.47. The van der Waals surface area contributed by atoms with E-state index in [0.717, 1.165) is 11.3 Å². The van der Waals surface area contributed by atoms with E-state index in [2.05, 4.69) is 0 Å². The lowest BCUT2D eigenvalue weighted by Crippen LogP contribution is -2.11. The Morgan fingerprint density at radius 1 is 1.38 bits per heavy atom. The van der Waals surface area contributed by atoms with Crippen LogP contribution in [-0.4, -0.2) is 34.0 Å². The molecular formula is C12H18O3S. The molecule has 1 unspecified atom stereocenters. The van der Waals surface area contributed by atoms with Crippen LogP contribution in [0.25, 0.3) is 0 Å². The molecule has 0 aliphatic rings. The molecule has 1 N–H and O–H groups in total. The van der Waals surface area contributed by atoms with Crippen molar-refractivity contribution in [3.63, 3.8) is 0 Å².